The van der Waals surface area contributed by atoms with Crippen LogP contribution in [0, 0.1) is 0 Å². The van der Waals surface area contributed by atoms with E-state index in [0.717, 1.165) is 5.56 Å². The van der Waals surface area contributed by atoms with Gasteiger partial charge in [-0.25, -0.2) is 9.78 Å². The minimum Gasteiger partial charge on any atom is -0.465 e. The van der Waals surface area contributed by atoms with E-state index in [1.54, 1.807) is 30.5 Å². The number of methoxy groups -OCH3 is 1. The summed E-state index contributed by atoms with van der Waals surface area (Å²) in [5.74, 6) is 0.358. The second-order valence-electron chi connectivity index (χ2n) is 5.84. The molecule has 0 unspecified atom stereocenters. The molecule has 0 fully saturated rings. The topological polar surface area (TPSA) is 78.6 Å². The molecule has 0 spiro atoms. The van der Waals surface area contributed by atoms with Gasteiger partial charge < -0.3 is 13.9 Å². The summed E-state index contributed by atoms with van der Waals surface area (Å²) in [5, 5.41) is 0. The molecule has 1 heterocycles. The van der Waals surface area contributed by atoms with Crippen molar-refractivity contribution in [2.75, 3.05) is 7.11 Å². The number of esters is 2. The normalized spacial score (nSPS) is 10.4. The molecule has 0 saturated heterocycles. The van der Waals surface area contributed by atoms with Crippen LogP contribution in [0.5, 0.6) is 0 Å². The van der Waals surface area contributed by atoms with Gasteiger partial charge >= 0.3 is 11.9 Å². The zero-order chi connectivity index (χ0) is 19.1. The number of benzene rings is 2. The monoisotopic (exact) mass is 365 g/mol. The van der Waals surface area contributed by atoms with E-state index >= 15 is 0 Å². The van der Waals surface area contributed by atoms with Crippen molar-refractivity contribution in [3.8, 4) is 11.3 Å². The van der Waals surface area contributed by atoms with Crippen molar-refractivity contribution in [2.45, 2.75) is 19.4 Å². The highest BCUT2D eigenvalue weighted by Crippen LogP contribution is 2.20. The fourth-order valence-electron chi connectivity index (χ4n) is 2.51. The summed E-state index contributed by atoms with van der Waals surface area (Å²) in [7, 11) is 1.32. The van der Waals surface area contributed by atoms with Gasteiger partial charge in [0.25, 0.3) is 0 Å². The molecular weight excluding hydrogens is 346 g/mol. The van der Waals surface area contributed by atoms with Crippen LogP contribution in [0.2, 0.25) is 0 Å². The number of carbonyl (C=O) groups is 2. The largest absolute Gasteiger partial charge is 0.465 e. The van der Waals surface area contributed by atoms with Crippen LogP contribution in [-0.2, 0) is 27.3 Å². The van der Waals surface area contributed by atoms with Gasteiger partial charge in [0, 0.05) is 12.0 Å². The Morgan fingerprint density at radius 2 is 1.89 bits per heavy atom. The second kappa shape index (κ2) is 8.80. The maximum absolute atomic E-state index is 12.0. The Bertz CT molecular complexity index is 917. The standard InChI is InChI=1S/C21H19NO5/c1-25-21(24)17-9-5-6-15(12-17)14-26-20(23)11-10-19-22-13-18(27-19)16-7-3-2-4-8-16/h2-9,12-13H,10-11,14H2,1H3. The fourth-order valence-corrected chi connectivity index (χ4v) is 2.51. The molecule has 27 heavy (non-hydrogen) atoms. The van der Waals surface area contributed by atoms with E-state index in [1.165, 1.54) is 7.11 Å². The predicted molar refractivity (Wildman–Crippen MR) is 97.8 cm³/mol. The van der Waals surface area contributed by atoms with Crippen LogP contribution in [0.15, 0.2) is 65.2 Å². The summed E-state index contributed by atoms with van der Waals surface area (Å²) in [6, 6.07) is 16.4. The van der Waals surface area contributed by atoms with Gasteiger partial charge in [-0.15, -0.1) is 0 Å². The molecule has 6 nitrogen and oxygen atoms in total. The molecule has 0 amide bonds. The molecule has 3 rings (SSSR count). The molecular formula is C21H19NO5. The quantitative estimate of drug-likeness (QED) is 0.593. The SMILES string of the molecule is COC(=O)c1cccc(COC(=O)CCc2ncc(-c3ccccc3)o2)c1. The van der Waals surface area contributed by atoms with E-state index < -0.39 is 5.97 Å². The predicted octanol–water partition coefficient (Wildman–Crippen LogP) is 3.80. The van der Waals surface area contributed by atoms with Crippen LogP contribution >= 0.6 is 0 Å². The molecule has 138 valence electrons. The highest BCUT2D eigenvalue weighted by Gasteiger charge is 2.11. The van der Waals surface area contributed by atoms with Crippen molar-refractivity contribution >= 4 is 11.9 Å². The van der Waals surface area contributed by atoms with E-state index in [1.807, 2.05) is 30.3 Å². The number of hydrogen-bond donors (Lipinski definition) is 0. The van der Waals surface area contributed by atoms with E-state index in [-0.39, 0.29) is 19.0 Å². The third kappa shape index (κ3) is 5.04. The molecule has 0 aliphatic heterocycles. The molecule has 0 bridgehead atoms. The number of carbonyl (C=O) groups excluding carboxylic acids is 2. The average Bonchev–Trinajstić information content (AvgIpc) is 3.20. The molecule has 0 atom stereocenters. The summed E-state index contributed by atoms with van der Waals surface area (Å²) in [6.07, 6.45) is 2.16. The van der Waals surface area contributed by atoms with Crippen molar-refractivity contribution < 1.29 is 23.5 Å². The van der Waals surface area contributed by atoms with Crippen LogP contribution < -0.4 is 0 Å². The third-order valence-corrected chi connectivity index (χ3v) is 3.90. The Morgan fingerprint density at radius 1 is 1.07 bits per heavy atom. The van der Waals surface area contributed by atoms with Gasteiger partial charge in [-0.2, -0.15) is 0 Å². The first-order valence-corrected chi connectivity index (χ1v) is 8.48. The Balaban J connectivity index is 1.49. The van der Waals surface area contributed by atoms with E-state index in [4.69, 9.17) is 9.15 Å². The lowest BCUT2D eigenvalue weighted by Gasteiger charge is -2.06. The number of rotatable bonds is 7. The Kier molecular flexibility index (Phi) is 5.99. The molecule has 3 aromatic rings. The van der Waals surface area contributed by atoms with Gasteiger partial charge in [0.1, 0.15) is 6.61 Å². The van der Waals surface area contributed by atoms with Crippen LogP contribution in [0.4, 0.5) is 0 Å². The number of aryl methyl sites for hydroxylation is 1. The lowest BCUT2D eigenvalue weighted by atomic mass is 10.1. The van der Waals surface area contributed by atoms with Crippen LogP contribution in [0.1, 0.15) is 28.2 Å². The fraction of sp³-hybridized carbons (Fsp3) is 0.190. The van der Waals surface area contributed by atoms with Gasteiger partial charge in [0.2, 0.25) is 0 Å². The molecule has 0 aliphatic rings. The van der Waals surface area contributed by atoms with Crippen LogP contribution in [0.3, 0.4) is 0 Å². The lowest BCUT2D eigenvalue weighted by molar-refractivity contribution is -0.145. The first kappa shape index (κ1) is 18.4. The number of hydrogen-bond acceptors (Lipinski definition) is 6. The Labute approximate surface area is 156 Å². The second-order valence-corrected chi connectivity index (χ2v) is 5.84. The molecule has 1 aromatic heterocycles. The lowest BCUT2D eigenvalue weighted by Crippen LogP contribution is -2.07. The summed E-state index contributed by atoms with van der Waals surface area (Å²) in [5.41, 5.74) is 2.07. The number of nitrogens with zero attached hydrogens (tertiary/aromatic N) is 1. The molecule has 0 aliphatic carbocycles. The summed E-state index contributed by atoms with van der Waals surface area (Å²) < 4.78 is 15.6. The first-order chi connectivity index (χ1) is 13.2. The van der Waals surface area contributed by atoms with Crippen LogP contribution in [0.25, 0.3) is 11.3 Å². The molecule has 0 saturated carbocycles. The van der Waals surface area contributed by atoms with Crippen molar-refractivity contribution in [1.82, 2.24) is 4.98 Å². The van der Waals surface area contributed by atoms with Crippen LogP contribution in [-0.4, -0.2) is 24.0 Å². The van der Waals surface area contributed by atoms with Crippen molar-refractivity contribution in [3.05, 3.63) is 77.8 Å². The summed E-state index contributed by atoms with van der Waals surface area (Å²) in [4.78, 5) is 27.7. The average molecular weight is 365 g/mol. The zero-order valence-corrected chi connectivity index (χ0v) is 14.9. The Hall–Kier alpha value is -3.41. The van der Waals surface area contributed by atoms with Gasteiger partial charge in [-0.3, -0.25) is 4.79 Å². The van der Waals surface area contributed by atoms with Gasteiger partial charge in [-0.1, -0.05) is 42.5 Å². The van der Waals surface area contributed by atoms with E-state index in [9.17, 15) is 9.59 Å². The highest BCUT2D eigenvalue weighted by atomic mass is 16.5. The van der Waals surface area contributed by atoms with Crippen molar-refractivity contribution in [2.24, 2.45) is 0 Å². The summed E-state index contributed by atoms with van der Waals surface area (Å²) >= 11 is 0. The minimum absolute atomic E-state index is 0.0878. The molecule has 6 heteroatoms. The Morgan fingerprint density at radius 3 is 2.67 bits per heavy atom. The minimum atomic E-state index is -0.429. The first-order valence-electron chi connectivity index (χ1n) is 8.48. The zero-order valence-electron chi connectivity index (χ0n) is 14.9. The third-order valence-electron chi connectivity index (χ3n) is 3.90. The number of oxazole rings is 1. The number of ether oxygens (including phenoxy) is 2. The maximum atomic E-state index is 12.0. The van der Waals surface area contributed by atoms with Gasteiger partial charge in [-0.05, 0) is 17.7 Å². The smallest absolute Gasteiger partial charge is 0.337 e. The van der Waals surface area contributed by atoms with Gasteiger partial charge in [0.15, 0.2) is 11.7 Å². The van der Waals surface area contributed by atoms with E-state index in [0.29, 0.717) is 29.2 Å². The molecule has 2 aromatic carbocycles. The van der Waals surface area contributed by atoms with Crippen molar-refractivity contribution in [3.63, 3.8) is 0 Å². The highest BCUT2D eigenvalue weighted by molar-refractivity contribution is 5.89. The summed E-state index contributed by atoms with van der Waals surface area (Å²) in [6.45, 7) is 0.0878. The van der Waals surface area contributed by atoms with E-state index in [2.05, 4.69) is 9.72 Å². The van der Waals surface area contributed by atoms with Gasteiger partial charge in [0.05, 0.1) is 25.3 Å². The molecule has 0 N–H and O–H groups in total. The molecule has 0 radical (unpaired) electrons. The number of aromatic nitrogens is 1. The maximum Gasteiger partial charge on any atom is 0.337 e. The van der Waals surface area contributed by atoms with Crippen molar-refractivity contribution in [1.29, 1.82) is 0 Å².